The Bertz CT molecular complexity index is 585. The maximum atomic E-state index is 13.1. The topological polar surface area (TPSA) is 66.4 Å². The monoisotopic (exact) mass is 271 g/mol. The van der Waals surface area contributed by atoms with Gasteiger partial charge in [-0.1, -0.05) is 11.8 Å². The fourth-order valence-electron chi connectivity index (χ4n) is 1.11. The molecule has 0 bridgehead atoms. The van der Waals surface area contributed by atoms with E-state index in [0.717, 1.165) is 12.1 Å². The van der Waals surface area contributed by atoms with Gasteiger partial charge in [0.15, 0.2) is 0 Å². The van der Waals surface area contributed by atoms with Gasteiger partial charge < -0.3 is 5.11 Å². The first kappa shape index (κ1) is 14.5. The number of benzene rings is 1. The molecule has 0 atom stereocenters. The van der Waals surface area contributed by atoms with E-state index in [4.69, 9.17) is 5.11 Å². The standard InChI is InChI=1S/C12H14FNO3S/c1-9(2)18(16,17)14-12-6-5-11(13)8-10(12)4-3-7-15/h5-6,8-9,14-15H,7H2,1-2H3. The van der Waals surface area contributed by atoms with E-state index in [1.165, 1.54) is 19.9 Å². The highest BCUT2D eigenvalue weighted by molar-refractivity contribution is 7.93. The smallest absolute Gasteiger partial charge is 0.235 e. The first-order chi connectivity index (χ1) is 8.36. The number of hydrogen-bond donors (Lipinski definition) is 2. The van der Waals surface area contributed by atoms with Gasteiger partial charge in [-0.25, -0.2) is 12.8 Å². The largest absolute Gasteiger partial charge is 0.384 e. The highest BCUT2D eigenvalue weighted by Crippen LogP contribution is 2.18. The summed E-state index contributed by atoms with van der Waals surface area (Å²) in [6.45, 7) is 2.68. The fraction of sp³-hybridized carbons (Fsp3) is 0.333. The summed E-state index contributed by atoms with van der Waals surface area (Å²) < 4.78 is 38.8. The third-order valence-corrected chi connectivity index (χ3v) is 3.90. The molecule has 0 aliphatic heterocycles. The predicted octanol–water partition coefficient (Wildman–Crippen LogP) is 1.32. The molecule has 98 valence electrons. The number of rotatable bonds is 3. The SMILES string of the molecule is CC(C)S(=O)(=O)Nc1ccc(F)cc1C#CCO. The summed E-state index contributed by atoms with van der Waals surface area (Å²) in [6, 6.07) is 3.56. The van der Waals surface area contributed by atoms with Crippen LogP contribution >= 0.6 is 0 Å². The minimum Gasteiger partial charge on any atom is -0.384 e. The normalized spacial score (nSPS) is 10.9. The number of hydrogen-bond acceptors (Lipinski definition) is 3. The number of sulfonamides is 1. The summed E-state index contributed by atoms with van der Waals surface area (Å²) in [5, 5.41) is 7.99. The Labute approximate surface area is 106 Å². The molecule has 6 heteroatoms. The Morgan fingerprint density at radius 3 is 2.67 bits per heavy atom. The second-order valence-corrected chi connectivity index (χ2v) is 6.08. The first-order valence-electron chi connectivity index (χ1n) is 5.27. The number of aliphatic hydroxyl groups is 1. The second-order valence-electron chi connectivity index (χ2n) is 3.85. The maximum Gasteiger partial charge on any atom is 0.235 e. The van der Waals surface area contributed by atoms with Gasteiger partial charge in [-0.15, -0.1) is 0 Å². The van der Waals surface area contributed by atoms with Crippen molar-refractivity contribution in [3.63, 3.8) is 0 Å². The van der Waals surface area contributed by atoms with E-state index >= 15 is 0 Å². The van der Waals surface area contributed by atoms with Crippen LogP contribution in [0, 0.1) is 17.7 Å². The lowest BCUT2D eigenvalue weighted by molar-refractivity contribution is 0.350. The van der Waals surface area contributed by atoms with Gasteiger partial charge in [0.1, 0.15) is 12.4 Å². The zero-order valence-corrected chi connectivity index (χ0v) is 10.9. The van der Waals surface area contributed by atoms with Crippen molar-refractivity contribution in [3.8, 4) is 11.8 Å². The maximum absolute atomic E-state index is 13.1. The van der Waals surface area contributed by atoms with E-state index < -0.39 is 21.1 Å². The van der Waals surface area contributed by atoms with Crippen LogP contribution in [0.4, 0.5) is 10.1 Å². The van der Waals surface area contributed by atoms with Crippen LogP contribution in [0.15, 0.2) is 18.2 Å². The Morgan fingerprint density at radius 2 is 2.11 bits per heavy atom. The van der Waals surface area contributed by atoms with Crippen LogP contribution in [0.3, 0.4) is 0 Å². The molecule has 0 aromatic heterocycles. The van der Waals surface area contributed by atoms with E-state index in [1.807, 2.05) is 0 Å². The van der Waals surface area contributed by atoms with Gasteiger partial charge in [-0.3, -0.25) is 4.72 Å². The minimum absolute atomic E-state index is 0.188. The average Bonchev–Trinajstić information content (AvgIpc) is 2.29. The molecule has 0 heterocycles. The van der Waals surface area contributed by atoms with Crippen LogP contribution in [0.2, 0.25) is 0 Å². The van der Waals surface area contributed by atoms with E-state index in [2.05, 4.69) is 16.6 Å². The molecule has 0 spiro atoms. The van der Waals surface area contributed by atoms with Crippen LogP contribution in [-0.2, 0) is 10.0 Å². The van der Waals surface area contributed by atoms with Crippen molar-refractivity contribution < 1.29 is 17.9 Å². The molecule has 0 unspecified atom stereocenters. The van der Waals surface area contributed by atoms with Gasteiger partial charge in [0, 0.05) is 0 Å². The summed E-state index contributed by atoms with van der Waals surface area (Å²) in [5.41, 5.74) is 0.388. The molecule has 0 saturated carbocycles. The molecular formula is C12H14FNO3S. The molecule has 2 N–H and O–H groups in total. The highest BCUT2D eigenvalue weighted by atomic mass is 32.2. The second kappa shape index (κ2) is 5.85. The molecule has 4 nitrogen and oxygen atoms in total. The Kier molecular flexibility index (Phi) is 4.70. The van der Waals surface area contributed by atoms with Crippen LogP contribution in [0.25, 0.3) is 0 Å². The van der Waals surface area contributed by atoms with Crippen LogP contribution in [-0.4, -0.2) is 25.4 Å². The fourth-order valence-corrected chi connectivity index (χ4v) is 1.83. The van der Waals surface area contributed by atoms with Gasteiger partial charge in [0.05, 0.1) is 16.5 Å². The lowest BCUT2D eigenvalue weighted by atomic mass is 10.2. The van der Waals surface area contributed by atoms with Crippen molar-refractivity contribution in [1.82, 2.24) is 0 Å². The van der Waals surface area contributed by atoms with Crippen LogP contribution < -0.4 is 4.72 Å². The lowest BCUT2D eigenvalue weighted by Gasteiger charge is -2.12. The molecule has 1 aromatic rings. The summed E-state index contributed by atoms with van der Waals surface area (Å²) in [7, 11) is -3.51. The van der Waals surface area contributed by atoms with Crippen molar-refractivity contribution in [2.75, 3.05) is 11.3 Å². The zero-order valence-electron chi connectivity index (χ0n) is 10.1. The van der Waals surface area contributed by atoms with Gasteiger partial charge >= 0.3 is 0 Å². The van der Waals surface area contributed by atoms with Gasteiger partial charge in [-0.2, -0.15) is 0 Å². The van der Waals surface area contributed by atoms with Crippen LogP contribution in [0.1, 0.15) is 19.4 Å². The molecule has 0 amide bonds. The van der Waals surface area contributed by atoms with Gasteiger partial charge in [0.25, 0.3) is 0 Å². The molecule has 18 heavy (non-hydrogen) atoms. The van der Waals surface area contributed by atoms with Crippen molar-refractivity contribution in [2.24, 2.45) is 0 Å². The third kappa shape index (κ3) is 3.72. The Morgan fingerprint density at radius 1 is 1.44 bits per heavy atom. The molecule has 0 saturated heterocycles. The van der Waals surface area contributed by atoms with Crippen molar-refractivity contribution in [3.05, 3.63) is 29.6 Å². The molecule has 0 radical (unpaired) electrons. The quantitative estimate of drug-likeness (QED) is 0.815. The average molecular weight is 271 g/mol. The number of nitrogens with one attached hydrogen (secondary N) is 1. The zero-order chi connectivity index (χ0) is 13.8. The molecule has 1 aromatic carbocycles. The van der Waals surface area contributed by atoms with Crippen molar-refractivity contribution in [1.29, 1.82) is 0 Å². The van der Waals surface area contributed by atoms with Crippen molar-refractivity contribution >= 4 is 15.7 Å². The highest BCUT2D eigenvalue weighted by Gasteiger charge is 2.17. The van der Waals surface area contributed by atoms with Crippen molar-refractivity contribution in [2.45, 2.75) is 19.1 Å². The summed E-state index contributed by atoms with van der Waals surface area (Å²) >= 11 is 0. The summed E-state index contributed by atoms with van der Waals surface area (Å²) in [5.74, 6) is 4.33. The first-order valence-corrected chi connectivity index (χ1v) is 6.82. The molecule has 0 aliphatic carbocycles. The molecule has 1 rings (SSSR count). The minimum atomic E-state index is -3.51. The van der Waals surface area contributed by atoms with Crippen LogP contribution in [0.5, 0.6) is 0 Å². The number of anilines is 1. The van der Waals surface area contributed by atoms with Gasteiger partial charge in [0.2, 0.25) is 10.0 Å². The number of aliphatic hydroxyl groups excluding tert-OH is 1. The number of halogens is 1. The Hall–Kier alpha value is -1.58. The predicted molar refractivity (Wildman–Crippen MR) is 68.0 cm³/mol. The van der Waals surface area contributed by atoms with Gasteiger partial charge in [-0.05, 0) is 32.0 Å². The molecule has 0 fully saturated rings. The summed E-state index contributed by atoms with van der Waals surface area (Å²) in [4.78, 5) is 0. The van der Waals surface area contributed by atoms with E-state index in [0.29, 0.717) is 0 Å². The summed E-state index contributed by atoms with van der Waals surface area (Å²) in [6.07, 6.45) is 0. The Balaban J connectivity index is 3.17. The molecular weight excluding hydrogens is 257 g/mol. The van der Waals surface area contributed by atoms with E-state index in [9.17, 15) is 12.8 Å². The molecule has 0 aliphatic rings. The van der Waals surface area contributed by atoms with E-state index in [1.54, 1.807) is 0 Å². The lowest BCUT2D eigenvalue weighted by Crippen LogP contribution is -2.23. The van der Waals surface area contributed by atoms with E-state index in [-0.39, 0.29) is 17.9 Å². The third-order valence-electron chi connectivity index (χ3n) is 2.16.